The topological polar surface area (TPSA) is 122 Å². The molecule has 120 valence electrons. The first-order chi connectivity index (χ1) is 10.5. The third-order valence-electron chi connectivity index (χ3n) is 2.91. The largest absolute Gasteiger partial charge is 0.481 e. The fraction of sp³-hybridized carbons (Fsp3) is 0.429. The summed E-state index contributed by atoms with van der Waals surface area (Å²) in [6.45, 7) is 0.712. The van der Waals surface area contributed by atoms with Crippen molar-refractivity contribution in [2.75, 3.05) is 18.4 Å². The van der Waals surface area contributed by atoms with Crippen molar-refractivity contribution in [2.24, 2.45) is 0 Å². The first kappa shape index (κ1) is 17.4. The predicted molar refractivity (Wildman–Crippen MR) is 80.7 cm³/mol. The molecular weight excluding hydrogens is 290 g/mol. The van der Waals surface area contributed by atoms with E-state index in [-0.39, 0.29) is 31.0 Å². The van der Waals surface area contributed by atoms with Crippen LogP contribution in [-0.2, 0) is 9.59 Å². The molecule has 8 nitrogen and oxygen atoms in total. The second kappa shape index (κ2) is 9.32. The van der Waals surface area contributed by atoms with Gasteiger partial charge in [0, 0.05) is 32.0 Å². The zero-order chi connectivity index (χ0) is 16.4. The maximum absolute atomic E-state index is 11.5. The highest BCUT2D eigenvalue weighted by Gasteiger charge is 2.11. The number of nitrogens with zero attached hydrogens (tertiary/aromatic N) is 1. The molecule has 0 aromatic heterocycles. The minimum absolute atomic E-state index is 0.0309. The minimum Gasteiger partial charge on any atom is -0.481 e. The van der Waals surface area contributed by atoms with E-state index in [1.807, 2.05) is 0 Å². The van der Waals surface area contributed by atoms with Crippen LogP contribution in [0, 0.1) is 10.1 Å². The normalized spacial score (nSPS) is 10.0. The average Bonchev–Trinajstić information content (AvgIpc) is 2.47. The lowest BCUT2D eigenvalue weighted by atomic mass is 10.2. The van der Waals surface area contributed by atoms with Gasteiger partial charge in [-0.1, -0.05) is 12.1 Å². The Morgan fingerprint density at radius 1 is 1.14 bits per heavy atom. The van der Waals surface area contributed by atoms with Crippen molar-refractivity contribution in [3.05, 3.63) is 34.4 Å². The van der Waals surface area contributed by atoms with E-state index in [0.29, 0.717) is 25.1 Å². The van der Waals surface area contributed by atoms with Crippen molar-refractivity contribution in [1.82, 2.24) is 5.32 Å². The number of carbonyl (C=O) groups excluding carboxylic acids is 1. The standard InChI is InChI=1S/C14H19N3O5/c18-13(16-9-4-3-7-14(19)20)8-10-15-11-5-1-2-6-12(11)17(21)22/h1-2,5-6,15H,3-4,7-10H2,(H,16,18)(H,19,20). The molecule has 0 bridgehead atoms. The predicted octanol–water partition coefficient (Wildman–Crippen LogP) is 1.77. The SMILES string of the molecule is O=C(O)CCCCNC(=O)CCNc1ccccc1[N+](=O)[O-]. The van der Waals surface area contributed by atoms with Crippen LogP contribution >= 0.6 is 0 Å². The number of carboxylic acids is 1. The van der Waals surface area contributed by atoms with Crippen LogP contribution < -0.4 is 10.6 Å². The number of amides is 1. The molecule has 1 aromatic rings. The Labute approximate surface area is 127 Å². The highest BCUT2D eigenvalue weighted by atomic mass is 16.6. The van der Waals surface area contributed by atoms with Gasteiger partial charge in [-0.15, -0.1) is 0 Å². The number of nitrogens with one attached hydrogen (secondary N) is 2. The Balaban J connectivity index is 2.23. The molecule has 22 heavy (non-hydrogen) atoms. The average molecular weight is 309 g/mol. The highest BCUT2D eigenvalue weighted by Crippen LogP contribution is 2.22. The number of unbranched alkanes of at least 4 members (excludes halogenated alkanes) is 1. The van der Waals surface area contributed by atoms with E-state index >= 15 is 0 Å². The molecule has 1 rings (SSSR count). The number of anilines is 1. The van der Waals surface area contributed by atoms with E-state index in [9.17, 15) is 19.7 Å². The van der Waals surface area contributed by atoms with Gasteiger partial charge >= 0.3 is 5.97 Å². The second-order valence-corrected chi connectivity index (χ2v) is 4.65. The number of carboxylic acid groups (broad SMARTS) is 1. The van der Waals surface area contributed by atoms with Gasteiger partial charge in [-0.25, -0.2) is 0 Å². The summed E-state index contributed by atoms with van der Waals surface area (Å²) in [5.74, 6) is -1.03. The van der Waals surface area contributed by atoms with Gasteiger partial charge in [-0.3, -0.25) is 19.7 Å². The number of carbonyl (C=O) groups is 2. The van der Waals surface area contributed by atoms with Crippen LogP contribution in [0.25, 0.3) is 0 Å². The summed E-state index contributed by atoms with van der Waals surface area (Å²) < 4.78 is 0. The summed E-state index contributed by atoms with van der Waals surface area (Å²) in [7, 11) is 0. The summed E-state index contributed by atoms with van der Waals surface area (Å²) >= 11 is 0. The summed E-state index contributed by atoms with van der Waals surface area (Å²) in [5, 5.41) is 24.8. The summed E-state index contributed by atoms with van der Waals surface area (Å²) in [6, 6.07) is 6.23. The number of para-hydroxylation sites is 2. The summed E-state index contributed by atoms with van der Waals surface area (Å²) in [5.41, 5.74) is 0.346. The van der Waals surface area contributed by atoms with Crippen LogP contribution in [0.5, 0.6) is 0 Å². The van der Waals surface area contributed by atoms with Gasteiger partial charge in [-0.2, -0.15) is 0 Å². The monoisotopic (exact) mass is 309 g/mol. The first-order valence-electron chi connectivity index (χ1n) is 6.96. The van der Waals surface area contributed by atoms with Crippen molar-refractivity contribution in [1.29, 1.82) is 0 Å². The summed E-state index contributed by atoms with van der Waals surface area (Å²) in [4.78, 5) is 32.2. The van der Waals surface area contributed by atoms with E-state index in [1.54, 1.807) is 18.2 Å². The van der Waals surface area contributed by atoms with Crippen molar-refractivity contribution < 1.29 is 19.6 Å². The van der Waals surface area contributed by atoms with Gasteiger partial charge in [0.25, 0.3) is 5.69 Å². The molecule has 1 amide bonds. The van der Waals surface area contributed by atoms with Crippen LogP contribution in [0.4, 0.5) is 11.4 Å². The van der Waals surface area contributed by atoms with Gasteiger partial charge in [0.15, 0.2) is 0 Å². The summed E-state index contributed by atoms with van der Waals surface area (Å²) in [6.07, 6.45) is 1.40. The van der Waals surface area contributed by atoms with Gasteiger partial charge in [0.2, 0.25) is 5.91 Å². The number of hydrogen-bond acceptors (Lipinski definition) is 5. The second-order valence-electron chi connectivity index (χ2n) is 4.65. The fourth-order valence-electron chi connectivity index (χ4n) is 1.81. The molecule has 0 saturated carbocycles. The zero-order valence-corrected chi connectivity index (χ0v) is 12.1. The smallest absolute Gasteiger partial charge is 0.303 e. The number of nitro groups is 1. The molecule has 0 atom stereocenters. The van der Waals surface area contributed by atoms with Crippen LogP contribution in [0.1, 0.15) is 25.7 Å². The lowest BCUT2D eigenvalue weighted by molar-refractivity contribution is -0.384. The molecule has 0 unspecified atom stereocenters. The maximum Gasteiger partial charge on any atom is 0.303 e. The molecule has 3 N–H and O–H groups in total. The van der Waals surface area contributed by atoms with Gasteiger partial charge in [-0.05, 0) is 18.9 Å². The molecule has 0 saturated heterocycles. The number of benzene rings is 1. The van der Waals surface area contributed by atoms with E-state index < -0.39 is 10.9 Å². The van der Waals surface area contributed by atoms with Crippen LogP contribution in [0.3, 0.4) is 0 Å². The van der Waals surface area contributed by atoms with Crippen LogP contribution in [0.15, 0.2) is 24.3 Å². The molecule has 0 radical (unpaired) electrons. The fourth-order valence-corrected chi connectivity index (χ4v) is 1.81. The lowest BCUT2D eigenvalue weighted by Crippen LogP contribution is -2.26. The first-order valence-corrected chi connectivity index (χ1v) is 6.96. The molecule has 0 spiro atoms. The molecular formula is C14H19N3O5. The molecule has 0 aliphatic carbocycles. The molecule has 0 heterocycles. The number of nitro benzene ring substituents is 1. The minimum atomic E-state index is -0.847. The Bertz CT molecular complexity index is 533. The highest BCUT2D eigenvalue weighted by molar-refractivity contribution is 5.76. The number of rotatable bonds is 10. The Morgan fingerprint density at radius 2 is 1.86 bits per heavy atom. The third kappa shape index (κ3) is 6.69. The van der Waals surface area contributed by atoms with Crippen LogP contribution in [0.2, 0.25) is 0 Å². The van der Waals surface area contributed by atoms with E-state index in [1.165, 1.54) is 6.07 Å². The van der Waals surface area contributed by atoms with E-state index in [4.69, 9.17) is 5.11 Å². The number of hydrogen-bond donors (Lipinski definition) is 3. The van der Waals surface area contributed by atoms with Crippen LogP contribution in [-0.4, -0.2) is 35.0 Å². The van der Waals surface area contributed by atoms with E-state index in [0.717, 1.165) is 0 Å². The quantitative estimate of drug-likeness (QED) is 0.344. The molecule has 0 aliphatic heterocycles. The van der Waals surface area contributed by atoms with Gasteiger partial charge < -0.3 is 15.7 Å². The van der Waals surface area contributed by atoms with Gasteiger partial charge in [0.05, 0.1) is 4.92 Å². The Hall–Kier alpha value is -2.64. The van der Waals surface area contributed by atoms with Crippen molar-refractivity contribution in [2.45, 2.75) is 25.7 Å². The van der Waals surface area contributed by atoms with Crippen molar-refractivity contribution in [3.8, 4) is 0 Å². The van der Waals surface area contributed by atoms with Crippen molar-refractivity contribution >= 4 is 23.3 Å². The lowest BCUT2D eigenvalue weighted by Gasteiger charge is -2.07. The zero-order valence-electron chi connectivity index (χ0n) is 12.1. The maximum atomic E-state index is 11.5. The molecule has 0 aliphatic rings. The molecule has 8 heteroatoms. The third-order valence-corrected chi connectivity index (χ3v) is 2.91. The molecule has 1 aromatic carbocycles. The Kier molecular flexibility index (Phi) is 7.38. The van der Waals surface area contributed by atoms with Crippen molar-refractivity contribution in [3.63, 3.8) is 0 Å². The number of aliphatic carboxylic acids is 1. The Morgan fingerprint density at radius 3 is 2.55 bits per heavy atom. The van der Waals surface area contributed by atoms with Gasteiger partial charge in [0.1, 0.15) is 5.69 Å². The molecule has 0 fully saturated rings. The van der Waals surface area contributed by atoms with E-state index in [2.05, 4.69) is 10.6 Å².